The van der Waals surface area contributed by atoms with Gasteiger partial charge in [0.2, 0.25) is 5.91 Å². The van der Waals surface area contributed by atoms with Crippen LogP contribution in [0.25, 0.3) is 11.1 Å². The Labute approximate surface area is 248 Å². The maximum Gasteiger partial charge on any atom is 0.416 e. The molecule has 1 atom stereocenters. The molecule has 0 radical (unpaired) electrons. The largest absolute Gasteiger partial charge is 0.490 e. The molecule has 0 spiro atoms. The van der Waals surface area contributed by atoms with Crippen molar-refractivity contribution in [2.24, 2.45) is 11.5 Å². The van der Waals surface area contributed by atoms with Gasteiger partial charge in [0.15, 0.2) is 11.6 Å². The quantitative estimate of drug-likeness (QED) is 0.187. The smallest absolute Gasteiger partial charge is 0.416 e. The van der Waals surface area contributed by atoms with Gasteiger partial charge in [-0.3, -0.25) is 18.7 Å². The third kappa shape index (κ3) is 6.88. The number of halogens is 5. The lowest BCUT2D eigenvalue weighted by Crippen LogP contribution is -2.44. The zero-order chi connectivity index (χ0) is 32.2. The average Bonchev–Trinajstić information content (AvgIpc) is 2.97. The summed E-state index contributed by atoms with van der Waals surface area (Å²) in [7, 11) is 0. The summed E-state index contributed by atoms with van der Waals surface area (Å²) >= 11 is 0. The van der Waals surface area contributed by atoms with E-state index >= 15 is 4.39 Å². The van der Waals surface area contributed by atoms with Crippen LogP contribution in [0.2, 0.25) is 0 Å². The van der Waals surface area contributed by atoms with Crippen LogP contribution in [-0.2, 0) is 24.1 Å². The minimum absolute atomic E-state index is 0.00623. The molecule has 232 valence electrons. The van der Waals surface area contributed by atoms with Crippen LogP contribution in [0.1, 0.15) is 41.3 Å². The zero-order valence-electron chi connectivity index (χ0n) is 23.5. The molecular formula is C31H29F5N4O4. The van der Waals surface area contributed by atoms with E-state index in [1.54, 1.807) is 30.3 Å². The fourth-order valence-corrected chi connectivity index (χ4v) is 4.85. The standard InChI is InChI=1S/C31H29F5N4O4/c1-18-27(20-10-5-13-25(28(20)33)44-15-7-14-26(38)41)29(42)40(17-24(37)19-8-3-2-4-9-19)30(43)39(18)16-21-22(31(34,35)36)11-6-12-23(21)32/h2-6,8-13,24H,7,14-17,37H2,1H3,(H2,38,41)/t24-/m0/s1. The molecule has 13 heteroatoms. The highest BCUT2D eigenvalue weighted by Crippen LogP contribution is 2.34. The summed E-state index contributed by atoms with van der Waals surface area (Å²) < 4.78 is 79.1. The molecule has 1 amide bonds. The van der Waals surface area contributed by atoms with E-state index < -0.39 is 65.2 Å². The Balaban J connectivity index is 1.91. The van der Waals surface area contributed by atoms with E-state index in [4.69, 9.17) is 16.2 Å². The molecule has 44 heavy (non-hydrogen) atoms. The molecule has 8 nitrogen and oxygen atoms in total. The second-order valence-electron chi connectivity index (χ2n) is 10.1. The first-order valence-corrected chi connectivity index (χ1v) is 13.5. The molecule has 4 aromatic rings. The lowest BCUT2D eigenvalue weighted by Gasteiger charge is -2.21. The molecule has 0 saturated heterocycles. The fraction of sp³-hybridized carbons (Fsp3) is 0.258. The summed E-state index contributed by atoms with van der Waals surface area (Å²) in [6.07, 6.45) is -4.76. The minimum Gasteiger partial charge on any atom is -0.490 e. The molecule has 0 fully saturated rings. The van der Waals surface area contributed by atoms with Crippen LogP contribution >= 0.6 is 0 Å². The van der Waals surface area contributed by atoms with Crippen molar-refractivity contribution in [1.29, 1.82) is 0 Å². The van der Waals surface area contributed by atoms with Gasteiger partial charge in [-0.2, -0.15) is 13.2 Å². The molecule has 0 unspecified atom stereocenters. The summed E-state index contributed by atoms with van der Waals surface area (Å²) in [5, 5.41) is 0. The van der Waals surface area contributed by atoms with Gasteiger partial charge in [-0.25, -0.2) is 13.6 Å². The van der Waals surface area contributed by atoms with Crippen molar-refractivity contribution >= 4 is 5.91 Å². The molecule has 4 rings (SSSR count). The van der Waals surface area contributed by atoms with Gasteiger partial charge >= 0.3 is 11.9 Å². The lowest BCUT2D eigenvalue weighted by atomic mass is 10.0. The average molecular weight is 617 g/mol. The van der Waals surface area contributed by atoms with Gasteiger partial charge in [0, 0.05) is 29.3 Å². The maximum atomic E-state index is 15.8. The maximum absolute atomic E-state index is 15.8. The Hall–Kier alpha value is -4.78. The predicted octanol–water partition coefficient (Wildman–Crippen LogP) is 4.68. The van der Waals surface area contributed by atoms with Gasteiger partial charge in [-0.1, -0.05) is 48.5 Å². The Bertz CT molecular complexity index is 1790. The van der Waals surface area contributed by atoms with E-state index in [-0.39, 0.29) is 42.0 Å². The molecule has 3 aromatic carbocycles. The van der Waals surface area contributed by atoms with Crippen LogP contribution in [0.3, 0.4) is 0 Å². The third-order valence-corrected chi connectivity index (χ3v) is 7.09. The zero-order valence-corrected chi connectivity index (χ0v) is 23.5. The van der Waals surface area contributed by atoms with E-state index in [1.807, 2.05) is 0 Å². The molecule has 0 saturated carbocycles. The number of amides is 1. The van der Waals surface area contributed by atoms with Crippen LogP contribution in [0.4, 0.5) is 22.0 Å². The first-order chi connectivity index (χ1) is 20.8. The Morgan fingerprint density at radius 1 is 0.955 bits per heavy atom. The summed E-state index contributed by atoms with van der Waals surface area (Å²) in [5.41, 5.74) is 6.96. The van der Waals surface area contributed by atoms with E-state index in [0.717, 1.165) is 16.7 Å². The number of aromatic nitrogens is 2. The number of alkyl halides is 3. The monoisotopic (exact) mass is 616 g/mol. The molecule has 4 N–H and O–H groups in total. The number of benzene rings is 3. The second kappa shape index (κ2) is 13.2. The first-order valence-electron chi connectivity index (χ1n) is 13.5. The van der Waals surface area contributed by atoms with Crippen molar-refractivity contribution in [2.75, 3.05) is 6.61 Å². The van der Waals surface area contributed by atoms with Crippen LogP contribution < -0.4 is 27.5 Å². The van der Waals surface area contributed by atoms with Crippen molar-refractivity contribution in [3.8, 4) is 16.9 Å². The molecule has 0 aliphatic carbocycles. The Kier molecular flexibility index (Phi) is 9.68. The fourth-order valence-electron chi connectivity index (χ4n) is 4.85. The van der Waals surface area contributed by atoms with Crippen LogP contribution in [0.5, 0.6) is 5.75 Å². The van der Waals surface area contributed by atoms with Crippen LogP contribution in [-0.4, -0.2) is 21.6 Å². The lowest BCUT2D eigenvalue weighted by molar-refractivity contribution is -0.138. The third-order valence-electron chi connectivity index (χ3n) is 7.09. The predicted molar refractivity (Wildman–Crippen MR) is 153 cm³/mol. The highest BCUT2D eigenvalue weighted by molar-refractivity contribution is 5.73. The second-order valence-corrected chi connectivity index (χ2v) is 10.1. The number of hydrogen-bond acceptors (Lipinski definition) is 5. The number of hydrogen-bond donors (Lipinski definition) is 2. The van der Waals surface area contributed by atoms with Gasteiger partial charge < -0.3 is 16.2 Å². The van der Waals surface area contributed by atoms with Gasteiger partial charge in [0.1, 0.15) is 5.82 Å². The summed E-state index contributed by atoms with van der Waals surface area (Å²) in [6, 6.07) is 13.9. The number of rotatable bonds is 11. The number of carbonyl (C=O) groups excluding carboxylic acids is 1. The minimum atomic E-state index is -4.95. The van der Waals surface area contributed by atoms with Crippen molar-refractivity contribution < 1.29 is 31.5 Å². The van der Waals surface area contributed by atoms with E-state index in [9.17, 15) is 31.9 Å². The first kappa shape index (κ1) is 32.1. The van der Waals surface area contributed by atoms with Gasteiger partial charge in [0.25, 0.3) is 5.56 Å². The van der Waals surface area contributed by atoms with Crippen molar-refractivity contribution in [2.45, 2.75) is 45.1 Å². The van der Waals surface area contributed by atoms with Gasteiger partial charge in [-0.15, -0.1) is 0 Å². The number of carbonyl (C=O) groups is 1. The van der Waals surface area contributed by atoms with E-state index in [1.165, 1.54) is 25.1 Å². The highest BCUT2D eigenvalue weighted by atomic mass is 19.4. The molecule has 0 aliphatic rings. The summed E-state index contributed by atoms with van der Waals surface area (Å²) in [6.45, 7) is -0.146. The van der Waals surface area contributed by atoms with E-state index in [2.05, 4.69) is 0 Å². The number of ether oxygens (including phenoxy) is 1. The molecule has 0 aliphatic heterocycles. The van der Waals surface area contributed by atoms with Crippen molar-refractivity contribution in [1.82, 2.24) is 9.13 Å². The summed E-state index contributed by atoms with van der Waals surface area (Å²) in [4.78, 5) is 38.6. The SMILES string of the molecule is Cc1c(-c2cccc(OCCCC(N)=O)c2F)c(=O)n(C[C@H](N)c2ccccc2)c(=O)n1Cc1c(F)cccc1C(F)(F)F. The molecule has 0 bridgehead atoms. The molecule has 1 aromatic heterocycles. The van der Waals surface area contributed by atoms with E-state index in [0.29, 0.717) is 16.2 Å². The van der Waals surface area contributed by atoms with Crippen molar-refractivity contribution in [3.63, 3.8) is 0 Å². The Morgan fingerprint density at radius 3 is 2.30 bits per heavy atom. The number of primary amides is 1. The number of nitrogens with two attached hydrogens (primary N) is 2. The van der Waals surface area contributed by atoms with Crippen LogP contribution in [0.15, 0.2) is 76.3 Å². The Morgan fingerprint density at radius 2 is 1.64 bits per heavy atom. The molecular weight excluding hydrogens is 587 g/mol. The van der Waals surface area contributed by atoms with Crippen LogP contribution in [0, 0.1) is 18.6 Å². The topological polar surface area (TPSA) is 122 Å². The molecule has 1 heterocycles. The van der Waals surface area contributed by atoms with Crippen molar-refractivity contribution in [3.05, 3.63) is 122 Å². The summed E-state index contributed by atoms with van der Waals surface area (Å²) in [5.74, 6) is -3.05. The van der Waals surface area contributed by atoms with Gasteiger partial charge in [-0.05, 0) is 37.1 Å². The normalized spacial score (nSPS) is 12.2. The number of nitrogens with zero attached hydrogens (tertiary/aromatic N) is 2. The highest BCUT2D eigenvalue weighted by Gasteiger charge is 2.35. The van der Waals surface area contributed by atoms with Gasteiger partial charge in [0.05, 0.1) is 30.8 Å².